The highest BCUT2D eigenvalue weighted by atomic mass is 32.2. The number of thioether (sulfide) groups is 1. The number of carbonyl (C=O) groups excluding carboxylic acids is 1. The van der Waals surface area contributed by atoms with E-state index in [-0.39, 0.29) is 5.97 Å². The van der Waals surface area contributed by atoms with E-state index in [0.717, 1.165) is 23.9 Å². The topological polar surface area (TPSA) is 38.3 Å². The van der Waals surface area contributed by atoms with Gasteiger partial charge in [0.15, 0.2) is 0 Å². The molecule has 0 amide bonds. The molecule has 1 unspecified atom stereocenters. The molecule has 1 aromatic carbocycles. The fourth-order valence-electron chi connectivity index (χ4n) is 2.16. The summed E-state index contributed by atoms with van der Waals surface area (Å²) in [5.41, 5.74) is 1.67. The molecule has 1 aliphatic rings. The molecule has 0 saturated carbocycles. The normalized spacial score (nSPS) is 18.8. The number of rotatable bonds is 5. The van der Waals surface area contributed by atoms with Crippen molar-refractivity contribution in [2.75, 3.05) is 19.4 Å². The van der Waals surface area contributed by atoms with Crippen LogP contribution in [0.25, 0.3) is 0 Å². The van der Waals surface area contributed by atoms with Crippen LogP contribution >= 0.6 is 11.8 Å². The summed E-state index contributed by atoms with van der Waals surface area (Å²) in [6.45, 7) is 1.74. The third-order valence-electron chi connectivity index (χ3n) is 3.13. The Labute approximate surface area is 112 Å². The van der Waals surface area contributed by atoms with Gasteiger partial charge in [0.25, 0.3) is 0 Å². The minimum absolute atomic E-state index is 0.261. The van der Waals surface area contributed by atoms with Crippen molar-refractivity contribution in [1.29, 1.82) is 0 Å². The quantitative estimate of drug-likeness (QED) is 0.830. The molecule has 0 aliphatic carbocycles. The first-order chi connectivity index (χ1) is 8.81. The summed E-state index contributed by atoms with van der Waals surface area (Å²) in [6.07, 6.45) is 2.63. The summed E-state index contributed by atoms with van der Waals surface area (Å²) in [5, 5.41) is 4.17. The number of esters is 1. The van der Waals surface area contributed by atoms with Crippen molar-refractivity contribution >= 4 is 17.7 Å². The van der Waals surface area contributed by atoms with Gasteiger partial charge >= 0.3 is 5.97 Å². The van der Waals surface area contributed by atoms with E-state index in [1.807, 2.05) is 36.0 Å². The number of hydrogen-bond acceptors (Lipinski definition) is 4. The lowest BCUT2D eigenvalue weighted by Crippen LogP contribution is -2.23. The maximum absolute atomic E-state index is 11.6. The number of carbonyl (C=O) groups is 1. The summed E-state index contributed by atoms with van der Waals surface area (Å²) >= 11 is 2.04. The minimum atomic E-state index is -0.261. The molecule has 3 nitrogen and oxygen atoms in total. The van der Waals surface area contributed by atoms with Crippen LogP contribution in [0, 0.1) is 0 Å². The Morgan fingerprint density at radius 1 is 1.50 bits per heavy atom. The zero-order valence-electron chi connectivity index (χ0n) is 10.6. The Hall–Kier alpha value is -1.00. The lowest BCUT2D eigenvalue weighted by atomic mass is 10.1. The number of hydrogen-bond donors (Lipinski definition) is 1. The molecule has 1 saturated heterocycles. The fraction of sp³-hybridized carbons (Fsp3) is 0.500. The molecule has 98 valence electrons. The second-order valence-corrected chi connectivity index (χ2v) is 5.82. The van der Waals surface area contributed by atoms with Crippen molar-refractivity contribution in [3.05, 3.63) is 35.4 Å². The molecule has 2 rings (SSSR count). The van der Waals surface area contributed by atoms with Crippen LogP contribution in [0.5, 0.6) is 0 Å². The molecule has 4 heteroatoms. The van der Waals surface area contributed by atoms with E-state index in [9.17, 15) is 4.79 Å². The first kappa shape index (κ1) is 13.4. The molecular formula is C14H19NO2S. The highest BCUT2D eigenvalue weighted by Crippen LogP contribution is 2.25. The predicted molar refractivity (Wildman–Crippen MR) is 75.0 cm³/mol. The zero-order valence-corrected chi connectivity index (χ0v) is 11.5. The van der Waals surface area contributed by atoms with Crippen LogP contribution in [0.2, 0.25) is 0 Å². The Kier molecular flexibility index (Phi) is 5.08. The van der Waals surface area contributed by atoms with E-state index < -0.39 is 0 Å². The van der Waals surface area contributed by atoms with Gasteiger partial charge in [-0.15, -0.1) is 0 Å². The van der Waals surface area contributed by atoms with Crippen LogP contribution in [0.4, 0.5) is 0 Å². The van der Waals surface area contributed by atoms with Gasteiger partial charge < -0.3 is 10.1 Å². The van der Waals surface area contributed by atoms with Crippen LogP contribution in [0.3, 0.4) is 0 Å². The third kappa shape index (κ3) is 3.50. The van der Waals surface area contributed by atoms with E-state index in [1.54, 1.807) is 0 Å². The van der Waals surface area contributed by atoms with Gasteiger partial charge in [-0.2, -0.15) is 11.8 Å². The standard InChI is InChI=1S/C14H19NO2S/c1-17-14(16)13-7-3-2-5-11(13)9-15-10-12-6-4-8-18-12/h2-3,5,7,12,15H,4,6,8-10H2,1H3. The van der Waals surface area contributed by atoms with Crippen molar-refractivity contribution in [2.45, 2.75) is 24.6 Å². The summed E-state index contributed by atoms with van der Waals surface area (Å²) in [6, 6.07) is 7.60. The van der Waals surface area contributed by atoms with Gasteiger partial charge in [-0.1, -0.05) is 18.2 Å². The van der Waals surface area contributed by atoms with Gasteiger partial charge in [0.2, 0.25) is 0 Å². The van der Waals surface area contributed by atoms with Crippen molar-refractivity contribution in [2.24, 2.45) is 0 Å². The molecule has 18 heavy (non-hydrogen) atoms. The van der Waals surface area contributed by atoms with Crippen molar-refractivity contribution in [3.63, 3.8) is 0 Å². The third-order valence-corrected chi connectivity index (χ3v) is 4.53. The van der Waals surface area contributed by atoms with Crippen LogP contribution in [-0.2, 0) is 11.3 Å². The SMILES string of the molecule is COC(=O)c1ccccc1CNCC1CCCS1. The largest absolute Gasteiger partial charge is 0.465 e. The monoisotopic (exact) mass is 265 g/mol. The van der Waals surface area contributed by atoms with E-state index in [4.69, 9.17) is 4.74 Å². The summed E-state index contributed by atoms with van der Waals surface area (Å²) in [4.78, 5) is 11.6. The molecule has 0 bridgehead atoms. The number of ether oxygens (including phenoxy) is 1. The molecule has 1 aromatic rings. The predicted octanol–water partition coefficient (Wildman–Crippen LogP) is 2.46. The highest BCUT2D eigenvalue weighted by Gasteiger charge is 2.15. The number of benzene rings is 1. The summed E-state index contributed by atoms with van der Waals surface area (Å²) in [7, 11) is 1.42. The Balaban J connectivity index is 1.89. The molecule has 1 atom stereocenters. The Morgan fingerprint density at radius 2 is 2.33 bits per heavy atom. The Morgan fingerprint density at radius 3 is 3.06 bits per heavy atom. The second kappa shape index (κ2) is 6.81. The Bertz CT molecular complexity index is 403. The molecular weight excluding hydrogens is 246 g/mol. The summed E-state index contributed by atoms with van der Waals surface area (Å²) in [5.74, 6) is 1.02. The van der Waals surface area contributed by atoms with Crippen LogP contribution < -0.4 is 5.32 Å². The van der Waals surface area contributed by atoms with Gasteiger partial charge in [0.1, 0.15) is 0 Å². The van der Waals surface area contributed by atoms with Gasteiger partial charge in [-0.05, 0) is 30.2 Å². The minimum Gasteiger partial charge on any atom is -0.465 e. The second-order valence-electron chi connectivity index (χ2n) is 4.41. The lowest BCUT2D eigenvalue weighted by Gasteiger charge is -2.12. The number of methoxy groups -OCH3 is 1. The van der Waals surface area contributed by atoms with Gasteiger partial charge in [-0.3, -0.25) is 0 Å². The van der Waals surface area contributed by atoms with E-state index in [2.05, 4.69) is 5.32 Å². The van der Waals surface area contributed by atoms with E-state index in [1.165, 1.54) is 25.7 Å². The van der Waals surface area contributed by atoms with E-state index in [0.29, 0.717) is 5.56 Å². The van der Waals surface area contributed by atoms with Crippen LogP contribution in [0.15, 0.2) is 24.3 Å². The van der Waals surface area contributed by atoms with Crippen molar-refractivity contribution in [3.8, 4) is 0 Å². The highest BCUT2D eigenvalue weighted by molar-refractivity contribution is 8.00. The molecule has 1 heterocycles. The van der Waals surface area contributed by atoms with Crippen molar-refractivity contribution in [1.82, 2.24) is 5.32 Å². The molecule has 1 aliphatic heterocycles. The molecule has 1 N–H and O–H groups in total. The van der Waals surface area contributed by atoms with Crippen LogP contribution in [0.1, 0.15) is 28.8 Å². The number of nitrogens with one attached hydrogen (secondary N) is 1. The van der Waals surface area contributed by atoms with Crippen molar-refractivity contribution < 1.29 is 9.53 Å². The summed E-state index contributed by atoms with van der Waals surface area (Å²) < 4.78 is 4.79. The van der Waals surface area contributed by atoms with Gasteiger partial charge in [0, 0.05) is 18.3 Å². The molecule has 0 aromatic heterocycles. The fourth-order valence-corrected chi connectivity index (χ4v) is 3.39. The molecule has 0 spiro atoms. The average molecular weight is 265 g/mol. The van der Waals surface area contributed by atoms with E-state index >= 15 is 0 Å². The zero-order chi connectivity index (χ0) is 12.8. The maximum atomic E-state index is 11.6. The van der Waals surface area contributed by atoms with Crippen LogP contribution in [-0.4, -0.2) is 30.6 Å². The molecule has 0 radical (unpaired) electrons. The lowest BCUT2D eigenvalue weighted by molar-refractivity contribution is 0.0599. The smallest absolute Gasteiger partial charge is 0.338 e. The van der Waals surface area contributed by atoms with Gasteiger partial charge in [0.05, 0.1) is 12.7 Å². The first-order valence-corrected chi connectivity index (χ1v) is 7.34. The maximum Gasteiger partial charge on any atom is 0.338 e. The molecule has 1 fully saturated rings. The van der Waals surface area contributed by atoms with Gasteiger partial charge in [-0.25, -0.2) is 4.79 Å². The first-order valence-electron chi connectivity index (χ1n) is 6.30. The average Bonchev–Trinajstić information content (AvgIpc) is 2.92.